The minimum Gasteiger partial charge on any atom is -0.297 e. The zero-order valence-electron chi connectivity index (χ0n) is 12.1. The fourth-order valence-corrected chi connectivity index (χ4v) is 5.20. The predicted molar refractivity (Wildman–Crippen MR) is 91.9 cm³/mol. The Labute approximate surface area is 145 Å². The average molecular weight is 371 g/mol. The first-order chi connectivity index (χ1) is 10.6. The molecule has 0 aliphatic rings. The number of aromatic nitrogens is 3. The summed E-state index contributed by atoms with van der Waals surface area (Å²) in [6.45, 7) is 3.97. The molecule has 0 fully saturated rings. The molecule has 2 rings (SSSR count). The normalized spacial score (nSPS) is 12.0. The van der Waals surface area contributed by atoms with Crippen LogP contribution in [-0.2, 0) is 4.79 Å². The van der Waals surface area contributed by atoms with Crippen LogP contribution in [0.3, 0.4) is 0 Å². The van der Waals surface area contributed by atoms with Crippen molar-refractivity contribution < 1.29 is 4.79 Å². The first kappa shape index (κ1) is 17.4. The Morgan fingerprint density at radius 2 is 2.14 bits per heavy atom. The largest absolute Gasteiger partial charge is 0.297 e. The molecule has 116 valence electrons. The molecule has 0 aromatic carbocycles. The fraction of sp³-hybridized carbons (Fsp3) is 0.462. The molecule has 0 N–H and O–H groups in total. The van der Waals surface area contributed by atoms with E-state index in [9.17, 15) is 10.1 Å². The van der Waals surface area contributed by atoms with Crippen LogP contribution in [0.1, 0.15) is 30.0 Å². The topological polar surface area (TPSA) is 79.5 Å². The number of hydrogen-bond donors (Lipinski definition) is 0. The molecule has 2 heterocycles. The summed E-state index contributed by atoms with van der Waals surface area (Å²) in [5, 5.41) is 19.8. The molecule has 0 amide bonds. The molecule has 0 saturated heterocycles. The highest BCUT2D eigenvalue weighted by Crippen LogP contribution is 2.30. The lowest BCUT2D eigenvalue weighted by atomic mass is 10.1. The zero-order valence-corrected chi connectivity index (χ0v) is 15.4. The van der Waals surface area contributed by atoms with Crippen LogP contribution in [0.2, 0.25) is 0 Å². The van der Waals surface area contributed by atoms with Crippen molar-refractivity contribution in [2.24, 2.45) is 0 Å². The number of carbonyl (C=O) groups excluding carboxylic acids is 1. The summed E-state index contributed by atoms with van der Waals surface area (Å²) in [6, 6.07) is 2.05. The first-order valence-electron chi connectivity index (χ1n) is 6.57. The number of thioether (sulfide) groups is 2. The molecule has 1 atom stereocenters. The summed E-state index contributed by atoms with van der Waals surface area (Å²) in [6.07, 6.45) is 1.09. The van der Waals surface area contributed by atoms with E-state index in [0.717, 1.165) is 26.5 Å². The van der Waals surface area contributed by atoms with Crippen LogP contribution in [-0.4, -0.2) is 32.5 Å². The van der Waals surface area contributed by atoms with Crippen LogP contribution in [0.25, 0.3) is 0 Å². The summed E-state index contributed by atoms with van der Waals surface area (Å²) in [7, 11) is 0. The Morgan fingerprint density at radius 3 is 2.73 bits per heavy atom. The Balaban J connectivity index is 1.91. The smallest absolute Gasteiger partial charge is 0.175 e. The van der Waals surface area contributed by atoms with E-state index in [1.165, 1.54) is 34.4 Å². The Hall–Kier alpha value is -0.950. The number of ketones is 1. The van der Waals surface area contributed by atoms with Crippen LogP contribution in [0.15, 0.2) is 14.1 Å². The van der Waals surface area contributed by atoms with E-state index >= 15 is 0 Å². The third-order valence-corrected chi connectivity index (χ3v) is 6.94. The molecule has 0 saturated carbocycles. The minimum atomic E-state index is -0.784. The van der Waals surface area contributed by atoms with Gasteiger partial charge in [0.05, 0.1) is 11.8 Å². The predicted octanol–water partition coefficient (Wildman–Crippen LogP) is 3.77. The molecule has 5 nitrogen and oxygen atoms in total. The summed E-state index contributed by atoms with van der Waals surface area (Å²) >= 11 is 5.85. The molecule has 0 spiro atoms. The van der Waals surface area contributed by atoms with Gasteiger partial charge in [-0.1, -0.05) is 41.8 Å². The van der Waals surface area contributed by atoms with E-state index in [1.54, 1.807) is 11.8 Å². The van der Waals surface area contributed by atoms with Crippen molar-refractivity contribution in [1.29, 1.82) is 5.26 Å². The molecular weight excluding hydrogens is 356 g/mol. The first-order valence-corrected chi connectivity index (χ1v) is 10.2. The SMILES string of the molecule is CCCSc1nnc(SCC(=O)[C@H](C#N)c2nc(C)cs2)s1. The monoisotopic (exact) mass is 370 g/mol. The van der Waals surface area contributed by atoms with Crippen LogP contribution >= 0.6 is 46.2 Å². The minimum absolute atomic E-state index is 0.139. The molecule has 0 bridgehead atoms. The molecule has 22 heavy (non-hydrogen) atoms. The number of nitriles is 1. The van der Waals surface area contributed by atoms with E-state index in [1.807, 2.05) is 18.4 Å². The van der Waals surface area contributed by atoms with Crippen molar-refractivity contribution in [3.63, 3.8) is 0 Å². The Kier molecular flexibility index (Phi) is 6.82. The van der Waals surface area contributed by atoms with Crippen molar-refractivity contribution in [2.45, 2.75) is 34.9 Å². The fourth-order valence-electron chi connectivity index (χ4n) is 1.49. The van der Waals surface area contributed by atoms with Crippen molar-refractivity contribution in [3.8, 4) is 6.07 Å². The van der Waals surface area contributed by atoms with Gasteiger partial charge in [0.2, 0.25) is 0 Å². The second-order valence-electron chi connectivity index (χ2n) is 4.33. The Morgan fingerprint density at radius 1 is 1.41 bits per heavy atom. The highest BCUT2D eigenvalue weighted by Gasteiger charge is 2.23. The summed E-state index contributed by atoms with van der Waals surface area (Å²) in [5.41, 5.74) is 0.836. The maximum absolute atomic E-state index is 12.2. The highest BCUT2D eigenvalue weighted by atomic mass is 32.2. The van der Waals surface area contributed by atoms with Crippen molar-refractivity contribution in [1.82, 2.24) is 15.2 Å². The van der Waals surface area contributed by atoms with Gasteiger partial charge < -0.3 is 0 Å². The molecule has 0 radical (unpaired) electrons. The lowest BCUT2D eigenvalue weighted by molar-refractivity contribution is -0.116. The van der Waals surface area contributed by atoms with Crippen LogP contribution in [0.5, 0.6) is 0 Å². The summed E-state index contributed by atoms with van der Waals surface area (Å²) < 4.78 is 1.68. The van der Waals surface area contributed by atoms with E-state index in [4.69, 9.17) is 0 Å². The zero-order chi connectivity index (χ0) is 15.9. The maximum Gasteiger partial charge on any atom is 0.175 e. The number of Topliss-reactive ketones (excluding diaryl/α,β-unsaturated/α-hetero) is 1. The van der Waals surface area contributed by atoms with Gasteiger partial charge >= 0.3 is 0 Å². The van der Waals surface area contributed by atoms with Gasteiger partial charge in [-0.3, -0.25) is 4.79 Å². The number of thiazole rings is 1. The van der Waals surface area contributed by atoms with Crippen LogP contribution in [0.4, 0.5) is 0 Å². The van der Waals surface area contributed by atoms with Gasteiger partial charge in [-0.15, -0.1) is 21.5 Å². The van der Waals surface area contributed by atoms with Gasteiger partial charge in [0.15, 0.2) is 20.4 Å². The van der Waals surface area contributed by atoms with E-state index in [-0.39, 0.29) is 11.5 Å². The second kappa shape index (κ2) is 8.62. The molecule has 9 heteroatoms. The number of rotatable bonds is 8. The number of nitrogens with zero attached hydrogens (tertiary/aromatic N) is 4. The number of aryl methyl sites for hydroxylation is 1. The van der Waals surface area contributed by atoms with E-state index in [2.05, 4.69) is 22.1 Å². The molecule has 0 aliphatic heterocycles. The van der Waals surface area contributed by atoms with Gasteiger partial charge in [-0.25, -0.2) is 4.98 Å². The van der Waals surface area contributed by atoms with Gasteiger partial charge in [0, 0.05) is 16.8 Å². The second-order valence-corrected chi connectivity index (χ2v) is 8.76. The average Bonchev–Trinajstić information content (AvgIpc) is 3.13. The Bertz CT molecular complexity index is 676. The standard InChI is InChI=1S/C13H14N4OS4/c1-3-4-19-12-16-17-13(22-12)21-7-10(18)9(5-14)11-15-8(2)6-20-11/h6,9H,3-4,7H2,1-2H3/t9-/m0/s1. The van der Waals surface area contributed by atoms with Crippen LogP contribution < -0.4 is 0 Å². The van der Waals surface area contributed by atoms with Gasteiger partial charge in [-0.05, 0) is 13.3 Å². The number of carbonyl (C=O) groups is 1. The molecular formula is C13H14N4OS4. The lowest BCUT2D eigenvalue weighted by Crippen LogP contribution is -2.13. The molecule has 2 aromatic rings. The van der Waals surface area contributed by atoms with Gasteiger partial charge in [0.25, 0.3) is 0 Å². The number of hydrogen-bond acceptors (Lipinski definition) is 9. The third kappa shape index (κ3) is 4.78. The van der Waals surface area contributed by atoms with E-state index < -0.39 is 5.92 Å². The maximum atomic E-state index is 12.2. The highest BCUT2D eigenvalue weighted by molar-refractivity contribution is 8.03. The quantitative estimate of drug-likeness (QED) is 0.654. The van der Waals surface area contributed by atoms with Crippen molar-refractivity contribution in [3.05, 3.63) is 16.1 Å². The van der Waals surface area contributed by atoms with Crippen molar-refractivity contribution >= 4 is 52.0 Å². The van der Waals surface area contributed by atoms with Crippen molar-refractivity contribution in [2.75, 3.05) is 11.5 Å². The molecule has 2 aromatic heterocycles. The summed E-state index contributed by atoms with van der Waals surface area (Å²) in [5.74, 6) is 0.301. The third-order valence-electron chi connectivity index (χ3n) is 2.49. The van der Waals surface area contributed by atoms with Crippen LogP contribution in [0, 0.1) is 18.3 Å². The van der Waals surface area contributed by atoms with E-state index in [0.29, 0.717) is 5.01 Å². The molecule has 0 aliphatic carbocycles. The molecule has 0 unspecified atom stereocenters. The summed E-state index contributed by atoms with van der Waals surface area (Å²) in [4.78, 5) is 16.4. The lowest BCUT2D eigenvalue weighted by Gasteiger charge is -2.03. The van der Waals surface area contributed by atoms with Gasteiger partial charge in [0.1, 0.15) is 5.01 Å². The van der Waals surface area contributed by atoms with Gasteiger partial charge in [-0.2, -0.15) is 5.26 Å².